The van der Waals surface area contributed by atoms with Crippen LogP contribution < -0.4 is 9.64 Å². The highest BCUT2D eigenvalue weighted by atomic mass is 16.6. The molecule has 45 heavy (non-hydrogen) atoms. The lowest BCUT2D eigenvalue weighted by Gasteiger charge is -2.46. The number of amides is 1. The van der Waals surface area contributed by atoms with Gasteiger partial charge in [0.15, 0.2) is 0 Å². The summed E-state index contributed by atoms with van der Waals surface area (Å²) in [6.45, 7) is 0.967. The molecule has 0 aliphatic carbocycles. The second-order valence-electron chi connectivity index (χ2n) is 10.6. The van der Waals surface area contributed by atoms with Crippen molar-refractivity contribution in [1.82, 2.24) is 4.90 Å². The van der Waals surface area contributed by atoms with Gasteiger partial charge in [-0.05, 0) is 52.6 Å². The van der Waals surface area contributed by atoms with Crippen LogP contribution in [0.5, 0.6) is 5.75 Å². The molecule has 1 aliphatic rings. The number of nitrogens with zero attached hydrogens (tertiary/aromatic N) is 4. The van der Waals surface area contributed by atoms with Gasteiger partial charge in [-0.15, -0.1) is 0 Å². The van der Waals surface area contributed by atoms with Gasteiger partial charge in [0.05, 0.1) is 21.1 Å². The monoisotopic (exact) mass is 600 g/mol. The summed E-state index contributed by atoms with van der Waals surface area (Å²) in [5.41, 5.74) is 4.32. The molecule has 1 heterocycles. The number of nitro groups is 2. The van der Waals surface area contributed by atoms with Crippen LogP contribution in [0.2, 0.25) is 0 Å². The van der Waals surface area contributed by atoms with Crippen molar-refractivity contribution >= 4 is 23.0 Å². The van der Waals surface area contributed by atoms with E-state index in [0.29, 0.717) is 18.0 Å². The molecule has 0 fully saturated rings. The quantitative estimate of drug-likeness (QED) is 0.121. The standard InChI is InChI=1S/C35H28N4O6/c40-35-32-21-30(39(43)44)17-20-33(32)36(22-25-7-3-1-4-8-25)34(37(35)23-26-9-5-2-6-10-26)28-13-18-31(19-14-28)45-24-27-11-15-29(16-12-27)38(41)42/h1-21,34H,22-24H2/t34-/m0/s1. The van der Waals surface area contributed by atoms with E-state index in [2.05, 4.69) is 4.90 Å². The Kier molecular flexibility index (Phi) is 8.19. The molecule has 0 saturated carbocycles. The first-order valence-corrected chi connectivity index (χ1v) is 14.3. The zero-order valence-electron chi connectivity index (χ0n) is 24.1. The highest BCUT2D eigenvalue weighted by Gasteiger charge is 2.39. The summed E-state index contributed by atoms with van der Waals surface area (Å²) in [5.74, 6) is 0.296. The Morgan fingerprint density at radius 2 is 1.18 bits per heavy atom. The molecule has 1 amide bonds. The first-order valence-electron chi connectivity index (χ1n) is 14.3. The zero-order chi connectivity index (χ0) is 31.3. The normalized spacial score (nSPS) is 14.1. The minimum absolute atomic E-state index is 0.0152. The van der Waals surface area contributed by atoms with Gasteiger partial charge in [-0.1, -0.05) is 72.8 Å². The number of carbonyl (C=O) groups excluding carboxylic acids is 1. The minimum Gasteiger partial charge on any atom is -0.489 e. The van der Waals surface area contributed by atoms with E-state index < -0.39 is 16.0 Å². The Morgan fingerprint density at radius 3 is 1.76 bits per heavy atom. The maximum Gasteiger partial charge on any atom is 0.270 e. The third-order valence-corrected chi connectivity index (χ3v) is 7.70. The molecule has 0 spiro atoms. The van der Waals surface area contributed by atoms with Gasteiger partial charge in [-0.25, -0.2) is 0 Å². The number of non-ortho nitro benzene ring substituents is 2. The Labute approximate surface area is 259 Å². The number of hydrogen-bond donors (Lipinski definition) is 0. The van der Waals surface area contributed by atoms with Gasteiger partial charge in [0.25, 0.3) is 17.3 Å². The van der Waals surface area contributed by atoms with Crippen molar-refractivity contribution in [2.24, 2.45) is 0 Å². The van der Waals surface area contributed by atoms with E-state index >= 15 is 0 Å². The molecule has 0 N–H and O–H groups in total. The highest BCUT2D eigenvalue weighted by molar-refractivity contribution is 6.02. The second kappa shape index (κ2) is 12.7. The third-order valence-electron chi connectivity index (χ3n) is 7.70. The summed E-state index contributed by atoms with van der Waals surface area (Å²) in [6, 6.07) is 37.6. The van der Waals surface area contributed by atoms with Crippen molar-refractivity contribution in [3.05, 3.63) is 175 Å². The number of nitro benzene ring substituents is 2. The van der Waals surface area contributed by atoms with Gasteiger partial charge in [0.1, 0.15) is 18.5 Å². The fourth-order valence-corrected chi connectivity index (χ4v) is 5.49. The van der Waals surface area contributed by atoms with Gasteiger partial charge in [0.2, 0.25) is 0 Å². The van der Waals surface area contributed by atoms with Crippen molar-refractivity contribution in [2.75, 3.05) is 4.90 Å². The number of rotatable bonds is 10. The fourth-order valence-electron chi connectivity index (χ4n) is 5.49. The van der Waals surface area contributed by atoms with Crippen LogP contribution in [0.4, 0.5) is 17.1 Å². The zero-order valence-corrected chi connectivity index (χ0v) is 24.1. The van der Waals surface area contributed by atoms with Crippen LogP contribution in [0.3, 0.4) is 0 Å². The van der Waals surface area contributed by atoms with Crippen molar-refractivity contribution < 1.29 is 19.4 Å². The van der Waals surface area contributed by atoms with Crippen molar-refractivity contribution in [3.63, 3.8) is 0 Å². The van der Waals surface area contributed by atoms with E-state index in [9.17, 15) is 25.0 Å². The van der Waals surface area contributed by atoms with E-state index in [-0.39, 0.29) is 36.0 Å². The predicted molar refractivity (Wildman–Crippen MR) is 169 cm³/mol. The molecule has 10 nitrogen and oxygen atoms in total. The molecule has 0 bridgehead atoms. The molecule has 0 saturated heterocycles. The molecule has 0 radical (unpaired) electrons. The van der Waals surface area contributed by atoms with Crippen molar-refractivity contribution in [1.29, 1.82) is 0 Å². The predicted octanol–water partition coefficient (Wildman–Crippen LogP) is 7.44. The fraction of sp³-hybridized carbons (Fsp3) is 0.114. The number of benzene rings is 5. The van der Waals surface area contributed by atoms with Crippen LogP contribution in [-0.4, -0.2) is 20.7 Å². The van der Waals surface area contributed by atoms with Crippen LogP contribution in [-0.2, 0) is 19.7 Å². The molecule has 10 heteroatoms. The lowest BCUT2D eigenvalue weighted by molar-refractivity contribution is -0.385. The molecule has 0 unspecified atom stereocenters. The Morgan fingerprint density at radius 1 is 0.622 bits per heavy atom. The summed E-state index contributed by atoms with van der Waals surface area (Å²) in [4.78, 5) is 39.7. The molecule has 5 aromatic rings. The molecule has 6 rings (SSSR count). The van der Waals surface area contributed by atoms with Gasteiger partial charge in [0, 0.05) is 37.4 Å². The van der Waals surface area contributed by atoms with Gasteiger partial charge >= 0.3 is 0 Å². The average Bonchev–Trinajstić information content (AvgIpc) is 3.07. The number of hydrogen-bond acceptors (Lipinski definition) is 7. The maximum atomic E-state index is 14.2. The summed E-state index contributed by atoms with van der Waals surface area (Å²) in [5, 5.41) is 22.6. The van der Waals surface area contributed by atoms with E-state index in [4.69, 9.17) is 4.74 Å². The highest BCUT2D eigenvalue weighted by Crippen LogP contribution is 2.42. The molecule has 224 valence electrons. The van der Waals surface area contributed by atoms with Crippen LogP contribution in [0.1, 0.15) is 38.8 Å². The summed E-state index contributed by atoms with van der Waals surface area (Å²) < 4.78 is 5.96. The lowest BCUT2D eigenvalue weighted by atomic mass is 9.98. The molecule has 5 aromatic carbocycles. The first kappa shape index (κ1) is 29.1. The number of carbonyl (C=O) groups is 1. The molecule has 1 atom stereocenters. The molecule has 0 aromatic heterocycles. The van der Waals surface area contributed by atoms with E-state index in [1.165, 1.54) is 24.3 Å². The van der Waals surface area contributed by atoms with Crippen LogP contribution >= 0.6 is 0 Å². The maximum absolute atomic E-state index is 14.2. The summed E-state index contributed by atoms with van der Waals surface area (Å²) in [7, 11) is 0. The largest absolute Gasteiger partial charge is 0.489 e. The number of ether oxygens (including phenoxy) is 1. The van der Waals surface area contributed by atoms with Crippen LogP contribution in [0.25, 0.3) is 0 Å². The SMILES string of the molecule is O=C1c2cc([N+](=O)[O-])ccc2N(Cc2ccccc2)[C@H](c2ccc(OCc3ccc([N+](=O)[O-])cc3)cc2)N1Cc1ccccc1. The molecule has 1 aliphatic heterocycles. The van der Waals surface area contributed by atoms with Crippen LogP contribution in [0.15, 0.2) is 127 Å². The molecular formula is C35H28N4O6. The van der Waals surface area contributed by atoms with Gasteiger partial charge in [-0.3, -0.25) is 25.0 Å². The summed E-state index contributed by atoms with van der Waals surface area (Å²) in [6.07, 6.45) is -0.532. The minimum atomic E-state index is -0.532. The Hall–Kier alpha value is -6.03. The third kappa shape index (κ3) is 6.35. The summed E-state index contributed by atoms with van der Waals surface area (Å²) >= 11 is 0. The van der Waals surface area contributed by atoms with E-state index in [1.807, 2.05) is 84.9 Å². The smallest absolute Gasteiger partial charge is 0.270 e. The van der Waals surface area contributed by atoms with Gasteiger partial charge < -0.3 is 14.5 Å². The number of fused-ring (bicyclic) bond motifs is 1. The van der Waals surface area contributed by atoms with E-state index in [0.717, 1.165) is 22.3 Å². The average molecular weight is 601 g/mol. The Bertz CT molecular complexity index is 1830. The Balaban J connectivity index is 1.37. The first-order chi connectivity index (χ1) is 21.9. The van der Waals surface area contributed by atoms with E-state index in [1.54, 1.807) is 23.1 Å². The number of anilines is 1. The molecular weight excluding hydrogens is 572 g/mol. The second-order valence-corrected chi connectivity index (χ2v) is 10.6. The van der Waals surface area contributed by atoms with Crippen molar-refractivity contribution in [2.45, 2.75) is 25.9 Å². The lowest BCUT2D eigenvalue weighted by Crippen LogP contribution is -2.48. The van der Waals surface area contributed by atoms with Crippen molar-refractivity contribution in [3.8, 4) is 5.75 Å². The van der Waals surface area contributed by atoms with Gasteiger partial charge in [-0.2, -0.15) is 0 Å². The topological polar surface area (TPSA) is 119 Å². The van der Waals surface area contributed by atoms with Crippen LogP contribution in [0, 0.1) is 20.2 Å².